The van der Waals surface area contributed by atoms with Crippen molar-refractivity contribution >= 4 is 27.4 Å². The van der Waals surface area contributed by atoms with Crippen molar-refractivity contribution < 1.29 is 9.66 Å². The van der Waals surface area contributed by atoms with Crippen LogP contribution in [0.25, 0.3) is 0 Å². The first-order chi connectivity index (χ1) is 8.66. The maximum atomic E-state index is 10.9. The normalized spacial score (nSPS) is 19.5. The standard InChI is InChI=1S/C11H14BrN3O3/c12-8-5-10(15(16)17)11(13-6-8)14-7-9-3-1-2-4-18-9/h5-6,9H,1-4,7H2,(H,13,14). The van der Waals surface area contributed by atoms with Gasteiger partial charge in [-0.25, -0.2) is 4.98 Å². The number of rotatable bonds is 4. The van der Waals surface area contributed by atoms with Gasteiger partial charge in [0.15, 0.2) is 0 Å². The molecule has 2 heterocycles. The Bertz CT molecular complexity index is 436. The molecule has 6 nitrogen and oxygen atoms in total. The van der Waals surface area contributed by atoms with Crippen molar-refractivity contribution in [1.82, 2.24) is 4.98 Å². The Balaban J connectivity index is 2.01. The largest absolute Gasteiger partial charge is 0.376 e. The molecule has 1 fully saturated rings. The van der Waals surface area contributed by atoms with Gasteiger partial charge in [-0.1, -0.05) is 0 Å². The van der Waals surface area contributed by atoms with E-state index in [9.17, 15) is 10.1 Å². The molecule has 98 valence electrons. The molecule has 1 aromatic rings. The molecule has 7 heteroatoms. The summed E-state index contributed by atoms with van der Waals surface area (Å²) in [7, 11) is 0. The molecule has 18 heavy (non-hydrogen) atoms. The lowest BCUT2D eigenvalue weighted by Gasteiger charge is -2.22. The highest BCUT2D eigenvalue weighted by molar-refractivity contribution is 9.10. The number of ether oxygens (including phenoxy) is 1. The Morgan fingerprint density at radius 3 is 3.11 bits per heavy atom. The molecular formula is C11H14BrN3O3. The SMILES string of the molecule is O=[N+]([O-])c1cc(Br)cnc1NCC1CCCCO1. The van der Waals surface area contributed by atoms with E-state index in [0.29, 0.717) is 11.0 Å². The van der Waals surface area contributed by atoms with Gasteiger partial charge < -0.3 is 10.1 Å². The first kappa shape index (κ1) is 13.2. The Hall–Kier alpha value is -1.21. The summed E-state index contributed by atoms with van der Waals surface area (Å²) in [6.07, 6.45) is 4.87. The molecule has 1 atom stereocenters. The fourth-order valence-corrected chi connectivity index (χ4v) is 2.20. The first-order valence-electron chi connectivity index (χ1n) is 5.82. The van der Waals surface area contributed by atoms with Gasteiger partial charge in [-0.3, -0.25) is 10.1 Å². The molecule has 0 bridgehead atoms. The van der Waals surface area contributed by atoms with Crippen LogP contribution in [0.15, 0.2) is 16.7 Å². The highest BCUT2D eigenvalue weighted by Crippen LogP contribution is 2.25. The van der Waals surface area contributed by atoms with Crippen molar-refractivity contribution in [2.45, 2.75) is 25.4 Å². The quantitative estimate of drug-likeness (QED) is 0.682. The van der Waals surface area contributed by atoms with Crippen LogP contribution >= 0.6 is 15.9 Å². The van der Waals surface area contributed by atoms with E-state index in [1.165, 1.54) is 12.3 Å². The summed E-state index contributed by atoms with van der Waals surface area (Å²) >= 11 is 3.17. The van der Waals surface area contributed by atoms with Gasteiger partial charge in [-0.05, 0) is 35.2 Å². The summed E-state index contributed by atoms with van der Waals surface area (Å²) in [5.41, 5.74) is -0.0276. The lowest BCUT2D eigenvalue weighted by molar-refractivity contribution is -0.384. The van der Waals surface area contributed by atoms with Crippen molar-refractivity contribution in [3.8, 4) is 0 Å². The van der Waals surface area contributed by atoms with Crippen LogP contribution in [0, 0.1) is 10.1 Å². The number of nitrogens with one attached hydrogen (secondary N) is 1. The molecule has 0 spiro atoms. The number of hydrogen-bond donors (Lipinski definition) is 1. The van der Waals surface area contributed by atoms with Crippen LogP contribution in [0.4, 0.5) is 11.5 Å². The second-order valence-corrected chi connectivity index (χ2v) is 5.06. The van der Waals surface area contributed by atoms with Gasteiger partial charge >= 0.3 is 5.69 Å². The van der Waals surface area contributed by atoms with E-state index in [1.54, 1.807) is 0 Å². The minimum Gasteiger partial charge on any atom is -0.376 e. The van der Waals surface area contributed by atoms with E-state index in [0.717, 1.165) is 25.9 Å². The number of hydrogen-bond acceptors (Lipinski definition) is 5. The minimum absolute atomic E-state index is 0.0276. The van der Waals surface area contributed by atoms with E-state index in [2.05, 4.69) is 26.2 Å². The molecule has 0 amide bonds. The second kappa shape index (κ2) is 6.10. The summed E-state index contributed by atoms with van der Waals surface area (Å²) < 4.78 is 6.15. The molecule has 0 saturated carbocycles. The summed E-state index contributed by atoms with van der Waals surface area (Å²) in [6.45, 7) is 1.32. The second-order valence-electron chi connectivity index (χ2n) is 4.15. The van der Waals surface area contributed by atoms with E-state index in [1.807, 2.05) is 0 Å². The lowest BCUT2D eigenvalue weighted by Crippen LogP contribution is -2.27. The average molecular weight is 316 g/mol. The summed E-state index contributed by atoms with van der Waals surface area (Å²) in [5.74, 6) is 0.289. The number of aromatic nitrogens is 1. The Kier molecular flexibility index (Phi) is 4.48. The topological polar surface area (TPSA) is 77.3 Å². The van der Waals surface area contributed by atoms with Gasteiger partial charge in [0, 0.05) is 29.9 Å². The van der Waals surface area contributed by atoms with Crippen molar-refractivity contribution in [2.75, 3.05) is 18.5 Å². The van der Waals surface area contributed by atoms with Crippen LogP contribution in [0.1, 0.15) is 19.3 Å². The van der Waals surface area contributed by atoms with Crippen molar-refractivity contribution in [3.05, 3.63) is 26.9 Å². The van der Waals surface area contributed by atoms with Crippen molar-refractivity contribution in [2.24, 2.45) is 0 Å². The third kappa shape index (κ3) is 3.39. The van der Waals surface area contributed by atoms with E-state index in [-0.39, 0.29) is 17.6 Å². The van der Waals surface area contributed by atoms with Gasteiger partial charge in [-0.15, -0.1) is 0 Å². The minimum atomic E-state index is -0.443. The maximum absolute atomic E-state index is 10.9. The molecule has 1 N–H and O–H groups in total. The Morgan fingerprint density at radius 2 is 2.44 bits per heavy atom. The van der Waals surface area contributed by atoms with Crippen LogP contribution < -0.4 is 5.32 Å². The first-order valence-corrected chi connectivity index (χ1v) is 6.61. The number of anilines is 1. The maximum Gasteiger partial charge on any atom is 0.312 e. The average Bonchev–Trinajstić information content (AvgIpc) is 2.38. The van der Waals surface area contributed by atoms with Gasteiger partial charge in [0.2, 0.25) is 5.82 Å². The molecule has 0 aromatic carbocycles. The number of nitrogens with zero attached hydrogens (tertiary/aromatic N) is 2. The van der Waals surface area contributed by atoms with Gasteiger partial charge in [0.25, 0.3) is 0 Å². The molecule has 0 radical (unpaired) electrons. The number of pyridine rings is 1. The monoisotopic (exact) mass is 315 g/mol. The molecule has 1 aromatic heterocycles. The van der Waals surface area contributed by atoms with Crippen LogP contribution in [0.3, 0.4) is 0 Å². The fraction of sp³-hybridized carbons (Fsp3) is 0.545. The molecule has 1 aliphatic heterocycles. The highest BCUT2D eigenvalue weighted by Gasteiger charge is 2.18. The summed E-state index contributed by atoms with van der Waals surface area (Å²) in [5, 5.41) is 13.9. The zero-order valence-electron chi connectivity index (χ0n) is 9.76. The number of halogens is 1. The van der Waals surface area contributed by atoms with E-state index < -0.39 is 4.92 Å². The van der Waals surface area contributed by atoms with E-state index >= 15 is 0 Å². The van der Waals surface area contributed by atoms with Crippen LogP contribution in [-0.4, -0.2) is 29.2 Å². The van der Waals surface area contributed by atoms with Crippen LogP contribution in [0.2, 0.25) is 0 Å². The van der Waals surface area contributed by atoms with Crippen molar-refractivity contribution in [3.63, 3.8) is 0 Å². The molecule has 1 saturated heterocycles. The third-order valence-electron chi connectivity index (χ3n) is 2.80. The van der Waals surface area contributed by atoms with Gasteiger partial charge in [0.1, 0.15) is 0 Å². The Labute approximate surface area is 113 Å². The molecule has 1 unspecified atom stereocenters. The molecule has 1 aliphatic rings. The summed E-state index contributed by atoms with van der Waals surface area (Å²) in [4.78, 5) is 14.5. The zero-order chi connectivity index (χ0) is 13.0. The molecule has 2 rings (SSSR count). The number of nitro groups is 1. The van der Waals surface area contributed by atoms with Gasteiger partial charge in [-0.2, -0.15) is 0 Å². The molecular weight excluding hydrogens is 302 g/mol. The van der Waals surface area contributed by atoms with E-state index in [4.69, 9.17) is 4.74 Å². The predicted molar refractivity (Wildman–Crippen MR) is 70.7 cm³/mol. The van der Waals surface area contributed by atoms with Crippen LogP contribution in [0.5, 0.6) is 0 Å². The van der Waals surface area contributed by atoms with Crippen molar-refractivity contribution in [1.29, 1.82) is 0 Å². The van der Waals surface area contributed by atoms with Crippen LogP contribution in [-0.2, 0) is 4.74 Å². The third-order valence-corrected chi connectivity index (χ3v) is 3.24. The molecule has 0 aliphatic carbocycles. The zero-order valence-corrected chi connectivity index (χ0v) is 11.4. The predicted octanol–water partition coefficient (Wildman–Crippen LogP) is 2.73. The summed E-state index contributed by atoms with van der Waals surface area (Å²) in [6, 6.07) is 1.44. The Morgan fingerprint density at radius 1 is 1.61 bits per heavy atom. The fourth-order valence-electron chi connectivity index (χ4n) is 1.88. The van der Waals surface area contributed by atoms with Gasteiger partial charge in [0.05, 0.1) is 11.0 Å². The lowest BCUT2D eigenvalue weighted by atomic mass is 10.1. The highest BCUT2D eigenvalue weighted by atomic mass is 79.9. The smallest absolute Gasteiger partial charge is 0.312 e.